The molecule has 2 N–H and O–H groups in total. The Hall–Kier alpha value is -0.910. The zero-order valence-electron chi connectivity index (χ0n) is 10.2. The van der Waals surface area contributed by atoms with Crippen LogP contribution in [0.4, 0.5) is 0 Å². The Bertz CT molecular complexity index is 411. The molecule has 1 aliphatic rings. The van der Waals surface area contributed by atoms with Crippen LogP contribution in [0, 0.1) is 13.8 Å². The number of nitrogens with zero attached hydrogens (tertiary/aromatic N) is 1. The number of carboxylic acids is 1. The van der Waals surface area contributed by atoms with E-state index in [1.165, 1.54) is 4.88 Å². The maximum absolute atomic E-state index is 11.5. The molecule has 1 atom stereocenters. The summed E-state index contributed by atoms with van der Waals surface area (Å²) >= 11 is 1.67. The van der Waals surface area contributed by atoms with Gasteiger partial charge in [-0.1, -0.05) is 0 Å². The lowest BCUT2D eigenvalue weighted by atomic mass is 10.1. The van der Waals surface area contributed by atoms with Gasteiger partial charge in [0.2, 0.25) is 0 Å². The number of aliphatic carboxylic acids is 1. The lowest BCUT2D eigenvalue weighted by Gasteiger charge is -2.32. The third-order valence-corrected chi connectivity index (χ3v) is 4.11. The Morgan fingerprint density at radius 3 is 2.59 bits per heavy atom. The van der Waals surface area contributed by atoms with E-state index in [9.17, 15) is 9.90 Å². The Morgan fingerprint density at radius 1 is 1.47 bits per heavy atom. The molecule has 1 fully saturated rings. The average molecular weight is 254 g/mol. The molecule has 5 heteroatoms. The van der Waals surface area contributed by atoms with Crippen molar-refractivity contribution in [3.8, 4) is 0 Å². The quantitative estimate of drug-likeness (QED) is 0.856. The minimum absolute atomic E-state index is 0.484. The number of hydrogen-bond acceptors (Lipinski definition) is 4. The minimum Gasteiger partial charge on any atom is -0.480 e. The fourth-order valence-electron chi connectivity index (χ4n) is 2.35. The number of carboxylic acid groups (broad SMARTS) is 1. The van der Waals surface area contributed by atoms with E-state index in [0.29, 0.717) is 0 Å². The van der Waals surface area contributed by atoms with Crippen LogP contribution >= 0.6 is 11.3 Å². The molecule has 0 amide bonds. The predicted octanol–water partition coefficient (Wildman–Crippen LogP) is 1.40. The van der Waals surface area contributed by atoms with Crippen molar-refractivity contribution in [2.75, 3.05) is 26.2 Å². The molecule has 0 aromatic carbocycles. The minimum atomic E-state index is -0.743. The van der Waals surface area contributed by atoms with E-state index >= 15 is 0 Å². The zero-order valence-corrected chi connectivity index (χ0v) is 11.0. The Labute approximate surface area is 105 Å². The molecular weight excluding hydrogens is 236 g/mol. The summed E-state index contributed by atoms with van der Waals surface area (Å²) in [5.74, 6) is -0.743. The van der Waals surface area contributed by atoms with Crippen LogP contribution in [-0.2, 0) is 4.79 Å². The smallest absolute Gasteiger partial charge is 0.325 e. The largest absolute Gasteiger partial charge is 0.480 e. The first kappa shape index (κ1) is 12.5. The molecular formula is C12H18N2O2S. The summed E-state index contributed by atoms with van der Waals surface area (Å²) < 4.78 is 0. The fourth-order valence-corrected chi connectivity index (χ4v) is 3.31. The van der Waals surface area contributed by atoms with E-state index in [-0.39, 0.29) is 0 Å². The predicted molar refractivity (Wildman–Crippen MR) is 68.6 cm³/mol. The van der Waals surface area contributed by atoms with Gasteiger partial charge < -0.3 is 10.4 Å². The van der Waals surface area contributed by atoms with Crippen molar-refractivity contribution in [3.05, 3.63) is 21.4 Å². The highest BCUT2D eigenvalue weighted by molar-refractivity contribution is 7.12. The van der Waals surface area contributed by atoms with E-state index in [1.54, 1.807) is 11.3 Å². The molecule has 0 aliphatic carbocycles. The van der Waals surface area contributed by atoms with Crippen molar-refractivity contribution in [1.29, 1.82) is 0 Å². The van der Waals surface area contributed by atoms with Crippen LogP contribution in [0.25, 0.3) is 0 Å². The van der Waals surface area contributed by atoms with Crippen LogP contribution in [-0.4, -0.2) is 42.2 Å². The Morgan fingerprint density at radius 2 is 2.12 bits per heavy atom. The number of piperazine rings is 1. The molecule has 4 nitrogen and oxygen atoms in total. The van der Waals surface area contributed by atoms with Crippen LogP contribution in [0.2, 0.25) is 0 Å². The second-order valence-corrected chi connectivity index (χ2v) is 5.86. The molecule has 94 valence electrons. The summed E-state index contributed by atoms with van der Waals surface area (Å²) in [6, 6.07) is 1.53. The normalized spacial score (nSPS) is 19.2. The number of rotatable bonds is 3. The molecule has 0 bridgehead atoms. The van der Waals surface area contributed by atoms with Gasteiger partial charge in [0, 0.05) is 35.9 Å². The maximum Gasteiger partial charge on any atom is 0.325 e. The third kappa shape index (κ3) is 2.68. The van der Waals surface area contributed by atoms with Gasteiger partial charge in [0.25, 0.3) is 0 Å². The van der Waals surface area contributed by atoms with Crippen molar-refractivity contribution in [2.45, 2.75) is 19.9 Å². The molecule has 0 radical (unpaired) electrons. The monoisotopic (exact) mass is 254 g/mol. The molecule has 1 saturated heterocycles. The van der Waals surface area contributed by atoms with Crippen LogP contribution in [0.15, 0.2) is 6.07 Å². The lowest BCUT2D eigenvalue weighted by molar-refractivity contribution is -0.143. The van der Waals surface area contributed by atoms with Crippen molar-refractivity contribution in [1.82, 2.24) is 10.2 Å². The summed E-state index contributed by atoms with van der Waals surface area (Å²) in [6.07, 6.45) is 0. The van der Waals surface area contributed by atoms with Crippen LogP contribution in [0.5, 0.6) is 0 Å². The summed E-state index contributed by atoms with van der Waals surface area (Å²) in [5.41, 5.74) is 0.960. The highest BCUT2D eigenvalue weighted by Gasteiger charge is 2.30. The van der Waals surface area contributed by atoms with Crippen molar-refractivity contribution >= 4 is 17.3 Å². The molecule has 1 aromatic heterocycles. The summed E-state index contributed by atoms with van der Waals surface area (Å²) in [4.78, 5) is 15.9. The van der Waals surface area contributed by atoms with Crippen LogP contribution in [0.3, 0.4) is 0 Å². The van der Waals surface area contributed by atoms with Gasteiger partial charge in [-0.2, -0.15) is 0 Å². The van der Waals surface area contributed by atoms with Crippen LogP contribution < -0.4 is 5.32 Å². The molecule has 2 heterocycles. The van der Waals surface area contributed by atoms with Crippen molar-refractivity contribution < 1.29 is 9.90 Å². The molecule has 1 unspecified atom stereocenters. The number of nitrogens with one attached hydrogen (secondary N) is 1. The van der Waals surface area contributed by atoms with Gasteiger partial charge in [-0.05, 0) is 25.5 Å². The Balaban J connectivity index is 2.28. The first-order valence-electron chi connectivity index (χ1n) is 5.84. The summed E-state index contributed by atoms with van der Waals surface area (Å²) in [5, 5.41) is 12.7. The van der Waals surface area contributed by atoms with E-state index < -0.39 is 12.0 Å². The molecule has 17 heavy (non-hydrogen) atoms. The number of carbonyl (C=O) groups is 1. The molecule has 0 saturated carbocycles. The number of hydrogen-bond donors (Lipinski definition) is 2. The van der Waals surface area contributed by atoms with Gasteiger partial charge in [0.1, 0.15) is 6.04 Å². The van der Waals surface area contributed by atoms with E-state index in [1.807, 2.05) is 24.8 Å². The molecule has 1 aliphatic heterocycles. The number of thiophene rings is 1. The van der Waals surface area contributed by atoms with Gasteiger partial charge in [-0.15, -0.1) is 11.3 Å². The van der Waals surface area contributed by atoms with E-state index in [0.717, 1.165) is 36.6 Å². The standard InChI is InChI=1S/C12H18N2O2S/c1-8-7-10(9(2)17-8)11(12(15)16)14-5-3-13-4-6-14/h7,11,13H,3-6H2,1-2H3,(H,15,16). The SMILES string of the molecule is Cc1cc(C(C(=O)O)N2CCNCC2)c(C)s1. The second-order valence-electron chi connectivity index (χ2n) is 4.40. The second kappa shape index (κ2) is 5.16. The van der Waals surface area contributed by atoms with Crippen LogP contribution in [0.1, 0.15) is 21.4 Å². The van der Waals surface area contributed by atoms with Gasteiger partial charge in [-0.25, -0.2) is 0 Å². The molecule has 2 rings (SSSR count). The number of aryl methyl sites for hydroxylation is 2. The van der Waals surface area contributed by atoms with Gasteiger partial charge in [0.05, 0.1) is 0 Å². The lowest BCUT2D eigenvalue weighted by Crippen LogP contribution is -2.47. The van der Waals surface area contributed by atoms with Gasteiger partial charge in [-0.3, -0.25) is 9.69 Å². The van der Waals surface area contributed by atoms with Gasteiger partial charge in [0.15, 0.2) is 0 Å². The maximum atomic E-state index is 11.5. The fraction of sp³-hybridized carbons (Fsp3) is 0.583. The topological polar surface area (TPSA) is 52.6 Å². The average Bonchev–Trinajstić information content (AvgIpc) is 2.59. The first-order chi connectivity index (χ1) is 8.09. The molecule has 1 aromatic rings. The highest BCUT2D eigenvalue weighted by Crippen LogP contribution is 2.30. The van der Waals surface area contributed by atoms with Gasteiger partial charge >= 0.3 is 5.97 Å². The Kier molecular flexibility index (Phi) is 3.81. The third-order valence-electron chi connectivity index (χ3n) is 3.12. The van der Waals surface area contributed by atoms with Crippen molar-refractivity contribution in [3.63, 3.8) is 0 Å². The first-order valence-corrected chi connectivity index (χ1v) is 6.65. The van der Waals surface area contributed by atoms with Crippen molar-refractivity contribution in [2.24, 2.45) is 0 Å². The summed E-state index contributed by atoms with van der Waals surface area (Å²) in [6.45, 7) is 7.36. The zero-order chi connectivity index (χ0) is 12.4. The highest BCUT2D eigenvalue weighted by atomic mass is 32.1. The van der Waals surface area contributed by atoms with E-state index in [4.69, 9.17) is 0 Å². The molecule has 0 spiro atoms. The van der Waals surface area contributed by atoms with E-state index in [2.05, 4.69) is 5.32 Å². The summed E-state index contributed by atoms with van der Waals surface area (Å²) in [7, 11) is 0.